The van der Waals surface area contributed by atoms with Crippen molar-refractivity contribution < 1.29 is 4.74 Å². The number of aromatic nitrogens is 2. The molecule has 1 aromatic rings. The Morgan fingerprint density at radius 3 is 3.19 bits per heavy atom. The summed E-state index contributed by atoms with van der Waals surface area (Å²) in [6.45, 7) is 4.06. The molecule has 0 aromatic carbocycles. The molecule has 90 valence electrons. The summed E-state index contributed by atoms with van der Waals surface area (Å²) < 4.78 is 7.48. The lowest BCUT2D eigenvalue weighted by atomic mass is 10.1. The van der Waals surface area contributed by atoms with Gasteiger partial charge in [-0.2, -0.15) is 5.10 Å². The molecule has 0 bridgehead atoms. The van der Waals surface area contributed by atoms with Gasteiger partial charge in [0.25, 0.3) is 0 Å². The Hall–Kier alpha value is -0.870. The van der Waals surface area contributed by atoms with Crippen LogP contribution in [-0.2, 0) is 18.2 Å². The van der Waals surface area contributed by atoms with Gasteiger partial charge in [-0.05, 0) is 43.8 Å². The molecule has 0 amide bonds. The zero-order valence-corrected chi connectivity index (χ0v) is 9.98. The predicted octanol–water partition coefficient (Wildman–Crippen LogP) is 0.979. The number of ether oxygens (including phenoxy) is 1. The van der Waals surface area contributed by atoms with Crippen LogP contribution in [0.1, 0.15) is 18.4 Å². The van der Waals surface area contributed by atoms with Crippen LogP contribution >= 0.6 is 0 Å². The first-order chi connectivity index (χ1) is 7.84. The summed E-state index contributed by atoms with van der Waals surface area (Å²) in [6.07, 6.45) is 7.43. The standard InChI is InChI=1S/C12H21N3O/c1-15-10-12(9-14-15)4-7-16-6-3-11-2-5-13-8-11/h9-11,13H,2-8H2,1H3. The van der Waals surface area contributed by atoms with E-state index in [-0.39, 0.29) is 0 Å². The summed E-state index contributed by atoms with van der Waals surface area (Å²) in [5.41, 5.74) is 1.25. The van der Waals surface area contributed by atoms with Crippen LogP contribution < -0.4 is 5.32 Å². The Morgan fingerprint density at radius 1 is 1.56 bits per heavy atom. The fourth-order valence-electron chi connectivity index (χ4n) is 2.10. The van der Waals surface area contributed by atoms with Crippen molar-refractivity contribution in [2.24, 2.45) is 13.0 Å². The third-order valence-corrected chi connectivity index (χ3v) is 3.13. The highest BCUT2D eigenvalue weighted by Crippen LogP contribution is 2.11. The molecule has 1 aliphatic rings. The molecule has 0 saturated carbocycles. The van der Waals surface area contributed by atoms with Gasteiger partial charge in [0.2, 0.25) is 0 Å². The topological polar surface area (TPSA) is 39.1 Å². The van der Waals surface area contributed by atoms with E-state index in [0.29, 0.717) is 0 Å². The maximum atomic E-state index is 5.64. The van der Waals surface area contributed by atoms with Crippen molar-refractivity contribution in [1.82, 2.24) is 15.1 Å². The second kappa shape index (κ2) is 6.01. The average molecular weight is 223 g/mol. The Labute approximate surface area is 97.0 Å². The Morgan fingerprint density at radius 2 is 2.50 bits per heavy atom. The van der Waals surface area contributed by atoms with Crippen LogP contribution in [0.3, 0.4) is 0 Å². The molecule has 2 rings (SSSR count). The largest absolute Gasteiger partial charge is 0.381 e. The minimum absolute atomic E-state index is 0.811. The third-order valence-electron chi connectivity index (χ3n) is 3.13. The van der Waals surface area contributed by atoms with Crippen molar-refractivity contribution in [2.45, 2.75) is 19.3 Å². The molecular formula is C12H21N3O. The monoisotopic (exact) mass is 223 g/mol. The maximum Gasteiger partial charge on any atom is 0.0522 e. The van der Waals surface area contributed by atoms with Crippen molar-refractivity contribution in [2.75, 3.05) is 26.3 Å². The lowest BCUT2D eigenvalue weighted by molar-refractivity contribution is 0.124. The summed E-state index contributed by atoms with van der Waals surface area (Å²) in [5.74, 6) is 0.832. The highest BCUT2D eigenvalue weighted by Gasteiger charge is 2.13. The second-order valence-corrected chi connectivity index (χ2v) is 4.53. The SMILES string of the molecule is Cn1cc(CCOCCC2CCNC2)cn1. The Bertz CT molecular complexity index is 305. The minimum Gasteiger partial charge on any atom is -0.381 e. The molecule has 0 spiro atoms. The number of nitrogens with zero attached hydrogens (tertiary/aromatic N) is 2. The smallest absolute Gasteiger partial charge is 0.0522 e. The van der Waals surface area contributed by atoms with Gasteiger partial charge in [-0.25, -0.2) is 0 Å². The van der Waals surface area contributed by atoms with E-state index in [0.717, 1.165) is 25.6 Å². The van der Waals surface area contributed by atoms with Crippen molar-refractivity contribution in [3.05, 3.63) is 18.0 Å². The van der Waals surface area contributed by atoms with Gasteiger partial charge in [-0.15, -0.1) is 0 Å². The molecule has 1 aliphatic heterocycles. The highest BCUT2D eigenvalue weighted by atomic mass is 16.5. The van der Waals surface area contributed by atoms with Crippen LogP contribution in [-0.4, -0.2) is 36.1 Å². The van der Waals surface area contributed by atoms with Gasteiger partial charge in [0.05, 0.1) is 12.8 Å². The molecule has 1 N–H and O–H groups in total. The van der Waals surface area contributed by atoms with Crippen LogP contribution in [0.2, 0.25) is 0 Å². The van der Waals surface area contributed by atoms with Crippen molar-refractivity contribution >= 4 is 0 Å². The van der Waals surface area contributed by atoms with Crippen LogP contribution in [0, 0.1) is 5.92 Å². The fourth-order valence-corrected chi connectivity index (χ4v) is 2.10. The van der Waals surface area contributed by atoms with Crippen molar-refractivity contribution in [1.29, 1.82) is 0 Å². The van der Waals surface area contributed by atoms with E-state index in [1.165, 1.54) is 31.5 Å². The van der Waals surface area contributed by atoms with Crippen LogP contribution in [0.4, 0.5) is 0 Å². The van der Waals surface area contributed by atoms with E-state index in [4.69, 9.17) is 4.74 Å². The van der Waals surface area contributed by atoms with Gasteiger partial charge >= 0.3 is 0 Å². The molecule has 1 aromatic heterocycles. The van der Waals surface area contributed by atoms with E-state index in [9.17, 15) is 0 Å². The lowest BCUT2D eigenvalue weighted by Gasteiger charge is -2.08. The summed E-state index contributed by atoms with van der Waals surface area (Å²) in [4.78, 5) is 0. The van der Waals surface area contributed by atoms with Gasteiger partial charge in [0, 0.05) is 19.9 Å². The molecule has 0 radical (unpaired) electrons. The summed E-state index contributed by atoms with van der Waals surface area (Å²) in [5, 5.41) is 7.51. The lowest BCUT2D eigenvalue weighted by Crippen LogP contribution is -2.11. The quantitative estimate of drug-likeness (QED) is 0.731. The number of aryl methyl sites for hydroxylation is 1. The summed E-state index contributed by atoms with van der Waals surface area (Å²) in [6, 6.07) is 0. The van der Waals surface area contributed by atoms with Crippen LogP contribution in [0.5, 0.6) is 0 Å². The van der Waals surface area contributed by atoms with Gasteiger partial charge < -0.3 is 10.1 Å². The zero-order valence-electron chi connectivity index (χ0n) is 9.98. The van der Waals surface area contributed by atoms with Crippen molar-refractivity contribution in [3.8, 4) is 0 Å². The molecule has 2 heterocycles. The number of nitrogens with one attached hydrogen (secondary N) is 1. The third kappa shape index (κ3) is 3.61. The van der Waals surface area contributed by atoms with Gasteiger partial charge in [0.15, 0.2) is 0 Å². The molecule has 4 heteroatoms. The first-order valence-corrected chi connectivity index (χ1v) is 6.10. The molecule has 1 fully saturated rings. The number of hydrogen-bond donors (Lipinski definition) is 1. The number of rotatable bonds is 6. The maximum absolute atomic E-state index is 5.64. The fraction of sp³-hybridized carbons (Fsp3) is 0.750. The van der Waals surface area contributed by atoms with Gasteiger partial charge in [-0.1, -0.05) is 0 Å². The zero-order chi connectivity index (χ0) is 11.2. The van der Waals surface area contributed by atoms with Gasteiger partial charge in [0.1, 0.15) is 0 Å². The minimum atomic E-state index is 0.811. The van der Waals surface area contributed by atoms with Crippen LogP contribution in [0.15, 0.2) is 12.4 Å². The first kappa shape index (κ1) is 11.6. The molecule has 4 nitrogen and oxygen atoms in total. The highest BCUT2D eigenvalue weighted by molar-refractivity contribution is 5.03. The van der Waals surface area contributed by atoms with Crippen molar-refractivity contribution in [3.63, 3.8) is 0 Å². The van der Waals surface area contributed by atoms with E-state index < -0.39 is 0 Å². The summed E-state index contributed by atoms with van der Waals surface area (Å²) >= 11 is 0. The average Bonchev–Trinajstić information content (AvgIpc) is 2.89. The molecule has 1 saturated heterocycles. The first-order valence-electron chi connectivity index (χ1n) is 6.10. The van der Waals surface area contributed by atoms with E-state index in [1.54, 1.807) is 0 Å². The molecule has 1 atom stereocenters. The van der Waals surface area contributed by atoms with E-state index >= 15 is 0 Å². The molecular weight excluding hydrogens is 202 g/mol. The molecule has 1 unspecified atom stereocenters. The predicted molar refractivity (Wildman–Crippen MR) is 63.3 cm³/mol. The van der Waals surface area contributed by atoms with E-state index in [2.05, 4.69) is 10.4 Å². The van der Waals surface area contributed by atoms with Gasteiger partial charge in [-0.3, -0.25) is 4.68 Å². The van der Waals surface area contributed by atoms with E-state index in [1.807, 2.05) is 24.1 Å². The Kier molecular flexibility index (Phi) is 4.36. The summed E-state index contributed by atoms with van der Waals surface area (Å²) in [7, 11) is 1.94. The number of hydrogen-bond acceptors (Lipinski definition) is 3. The molecule has 16 heavy (non-hydrogen) atoms. The second-order valence-electron chi connectivity index (χ2n) is 4.53. The normalized spacial score (nSPS) is 20.4. The van der Waals surface area contributed by atoms with Crippen LogP contribution in [0.25, 0.3) is 0 Å². The molecule has 0 aliphatic carbocycles. The Balaban J connectivity index is 1.51.